The monoisotopic (exact) mass is 556 g/mol. The fraction of sp³-hybridized carbons (Fsp3) is 0.333. The smallest absolute Gasteiger partial charge is 0.309 e. The molecule has 1 saturated heterocycles. The molecule has 3 aromatic rings. The second-order valence-corrected chi connectivity index (χ2v) is 10.1. The van der Waals surface area contributed by atoms with E-state index in [1.165, 1.54) is 13.2 Å². The lowest BCUT2D eigenvalue weighted by Crippen LogP contribution is -2.41. The molecule has 1 amide bonds. The van der Waals surface area contributed by atoms with Gasteiger partial charge in [-0.2, -0.15) is 0 Å². The first-order valence-corrected chi connectivity index (χ1v) is 13.2. The van der Waals surface area contributed by atoms with Gasteiger partial charge in [0, 0.05) is 35.8 Å². The van der Waals surface area contributed by atoms with Crippen LogP contribution in [0.5, 0.6) is 5.75 Å². The molecule has 3 atom stereocenters. The van der Waals surface area contributed by atoms with E-state index >= 15 is 0 Å². The van der Waals surface area contributed by atoms with Crippen LogP contribution in [-0.2, 0) is 9.59 Å². The zero-order valence-corrected chi connectivity index (χ0v) is 22.6. The van der Waals surface area contributed by atoms with Crippen molar-refractivity contribution in [2.24, 2.45) is 5.92 Å². The Morgan fingerprint density at radius 2 is 1.77 bits per heavy atom. The summed E-state index contributed by atoms with van der Waals surface area (Å²) in [7, 11) is 1.54. The molecule has 39 heavy (non-hydrogen) atoms. The number of methoxy groups -OCH3 is 1. The minimum absolute atomic E-state index is 0.0725. The van der Waals surface area contributed by atoms with E-state index < -0.39 is 35.5 Å². The van der Waals surface area contributed by atoms with Crippen molar-refractivity contribution in [3.63, 3.8) is 0 Å². The normalized spacial score (nSPS) is 19.2. The van der Waals surface area contributed by atoms with Crippen molar-refractivity contribution in [3.05, 3.63) is 94.5 Å². The third-order valence-corrected chi connectivity index (χ3v) is 7.44. The molecule has 0 aromatic heterocycles. The average molecular weight is 557 g/mol. The Hall–Kier alpha value is -3.49. The zero-order chi connectivity index (χ0) is 28.1. The number of carboxylic acid groups (broad SMARTS) is 1. The second kappa shape index (κ2) is 12.6. The molecule has 0 radical (unpaired) electrons. The number of likely N-dealkylation sites (tertiary alicyclic amines) is 1. The maximum atomic E-state index is 14.2. The molecule has 9 heteroatoms. The highest BCUT2D eigenvalue weighted by atomic mass is 35.5. The number of unbranched alkanes of at least 4 members (excludes halogenated alkanes) is 1. The van der Waals surface area contributed by atoms with E-state index in [0.717, 1.165) is 25.0 Å². The van der Waals surface area contributed by atoms with Crippen LogP contribution in [0.15, 0.2) is 66.7 Å². The number of halogens is 3. The number of hydrogen-bond donors (Lipinski definition) is 1. The first-order valence-electron chi connectivity index (χ1n) is 12.8. The van der Waals surface area contributed by atoms with Gasteiger partial charge in [0.2, 0.25) is 5.91 Å². The molecule has 1 aliphatic rings. The summed E-state index contributed by atoms with van der Waals surface area (Å²) in [6, 6.07) is 16.8. The first-order chi connectivity index (χ1) is 18.7. The molecule has 3 unspecified atom stereocenters. The second-order valence-electron chi connectivity index (χ2n) is 9.67. The molecule has 6 nitrogen and oxygen atoms in total. The molecule has 3 aromatic carbocycles. The van der Waals surface area contributed by atoms with Gasteiger partial charge in [-0.1, -0.05) is 49.2 Å². The fourth-order valence-electron chi connectivity index (χ4n) is 5.29. The summed E-state index contributed by atoms with van der Waals surface area (Å²) in [4.78, 5) is 29.9. The lowest BCUT2D eigenvalue weighted by Gasteiger charge is -2.30. The van der Waals surface area contributed by atoms with Gasteiger partial charge in [-0.15, -0.1) is 0 Å². The number of aliphatic carboxylic acids is 1. The standard InChI is InChI=1S/C30H31ClF2N2O4/c1-3-4-14-35(22-7-5-6-21(31)16-22)27(36)18-34-17-24(20-10-13-25(32)26(33)15-20)28(30(37)38)29(34)19-8-11-23(39-2)12-9-19/h5-13,15-16,24,28-29H,3-4,14,17-18H2,1-2H3,(H,37,38). The number of nitrogens with zero attached hydrogens (tertiary/aromatic N) is 2. The van der Waals surface area contributed by atoms with Crippen LogP contribution in [0.25, 0.3) is 0 Å². The molecule has 1 aliphatic heterocycles. The predicted molar refractivity (Wildman–Crippen MR) is 146 cm³/mol. The van der Waals surface area contributed by atoms with Crippen molar-refractivity contribution in [2.75, 3.05) is 31.6 Å². The molecule has 1 heterocycles. The van der Waals surface area contributed by atoms with Crippen LogP contribution in [0.1, 0.15) is 42.9 Å². The van der Waals surface area contributed by atoms with Gasteiger partial charge in [0.15, 0.2) is 11.6 Å². The fourth-order valence-corrected chi connectivity index (χ4v) is 5.47. The van der Waals surface area contributed by atoms with Crippen molar-refractivity contribution in [1.29, 1.82) is 0 Å². The molecule has 206 valence electrons. The molecular formula is C30H31ClF2N2O4. The molecule has 0 aliphatic carbocycles. The third kappa shape index (κ3) is 6.40. The summed E-state index contributed by atoms with van der Waals surface area (Å²) in [5.74, 6) is -4.42. The summed E-state index contributed by atoms with van der Waals surface area (Å²) >= 11 is 6.21. The van der Waals surface area contributed by atoms with Gasteiger partial charge in [0.05, 0.1) is 19.6 Å². The lowest BCUT2D eigenvalue weighted by atomic mass is 9.83. The number of rotatable bonds is 10. The number of carbonyl (C=O) groups is 2. The maximum absolute atomic E-state index is 14.2. The molecule has 0 spiro atoms. The lowest BCUT2D eigenvalue weighted by molar-refractivity contribution is -0.143. The summed E-state index contributed by atoms with van der Waals surface area (Å²) < 4.78 is 33.2. The maximum Gasteiger partial charge on any atom is 0.309 e. The van der Waals surface area contributed by atoms with E-state index in [9.17, 15) is 23.5 Å². The van der Waals surface area contributed by atoms with Crippen molar-refractivity contribution in [2.45, 2.75) is 31.7 Å². The van der Waals surface area contributed by atoms with Crippen molar-refractivity contribution in [3.8, 4) is 5.75 Å². The van der Waals surface area contributed by atoms with E-state index in [2.05, 4.69) is 0 Å². The average Bonchev–Trinajstić information content (AvgIpc) is 3.30. The number of ether oxygens (including phenoxy) is 1. The van der Waals surface area contributed by atoms with Crippen LogP contribution in [-0.4, -0.2) is 48.6 Å². The molecule has 1 fully saturated rings. The zero-order valence-electron chi connectivity index (χ0n) is 21.8. The van der Waals surface area contributed by atoms with Gasteiger partial charge >= 0.3 is 5.97 Å². The Morgan fingerprint density at radius 3 is 2.38 bits per heavy atom. The number of carboxylic acids is 1. The Bertz CT molecular complexity index is 1320. The number of amides is 1. The molecule has 1 N–H and O–H groups in total. The summed E-state index contributed by atoms with van der Waals surface area (Å²) in [5, 5.41) is 10.9. The molecule has 4 rings (SSSR count). The van der Waals surface area contributed by atoms with Crippen molar-refractivity contribution in [1.82, 2.24) is 4.90 Å². The van der Waals surface area contributed by atoms with Gasteiger partial charge in [-0.3, -0.25) is 14.5 Å². The molecule has 0 saturated carbocycles. The topological polar surface area (TPSA) is 70.1 Å². The highest BCUT2D eigenvalue weighted by Crippen LogP contribution is 2.46. The van der Waals surface area contributed by atoms with Gasteiger partial charge in [0.25, 0.3) is 0 Å². The Balaban J connectivity index is 1.73. The van der Waals surface area contributed by atoms with E-state index in [0.29, 0.717) is 34.1 Å². The number of benzene rings is 3. The summed E-state index contributed by atoms with van der Waals surface area (Å²) in [6.45, 7) is 2.61. The van der Waals surface area contributed by atoms with E-state index in [-0.39, 0.29) is 19.0 Å². The van der Waals surface area contributed by atoms with Crippen molar-refractivity contribution >= 4 is 29.2 Å². The van der Waals surface area contributed by atoms with Crippen LogP contribution < -0.4 is 9.64 Å². The van der Waals surface area contributed by atoms with Crippen LogP contribution in [0.4, 0.5) is 14.5 Å². The number of carbonyl (C=O) groups excluding carboxylic acids is 1. The number of hydrogen-bond acceptors (Lipinski definition) is 4. The van der Waals surface area contributed by atoms with Gasteiger partial charge < -0.3 is 14.7 Å². The quantitative estimate of drug-likeness (QED) is 0.317. The van der Waals surface area contributed by atoms with Crippen LogP contribution in [0.2, 0.25) is 5.02 Å². The van der Waals surface area contributed by atoms with Gasteiger partial charge in [-0.05, 0) is 60.0 Å². The van der Waals surface area contributed by atoms with Crippen LogP contribution >= 0.6 is 11.6 Å². The van der Waals surface area contributed by atoms with Crippen molar-refractivity contribution < 1.29 is 28.2 Å². The third-order valence-electron chi connectivity index (χ3n) is 7.21. The van der Waals surface area contributed by atoms with Gasteiger partial charge in [-0.25, -0.2) is 8.78 Å². The van der Waals surface area contributed by atoms with Crippen LogP contribution in [0.3, 0.4) is 0 Å². The molecular weight excluding hydrogens is 526 g/mol. The Kier molecular flexibility index (Phi) is 9.20. The largest absolute Gasteiger partial charge is 0.497 e. The summed E-state index contributed by atoms with van der Waals surface area (Å²) in [5.41, 5.74) is 1.71. The predicted octanol–water partition coefficient (Wildman–Crippen LogP) is 6.30. The highest BCUT2D eigenvalue weighted by molar-refractivity contribution is 6.30. The first kappa shape index (κ1) is 28.5. The summed E-state index contributed by atoms with van der Waals surface area (Å²) in [6.07, 6.45) is 1.65. The SMILES string of the molecule is CCCCN(C(=O)CN1CC(c2ccc(F)c(F)c2)C(C(=O)O)C1c1ccc(OC)cc1)c1cccc(Cl)c1. The van der Waals surface area contributed by atoms with Gasteiger partial charge in [0.1, 0.15) is 5.75 Å². The minimum atomic E-state index is -1.09. The van der Waals surface area contributed by atoms with E-state index in [4.69, 9.17) is 16.3 Å². The molecule has 0 bridgehead atoms. The van der Waals surface area contributed by atoms with E-state index in [1.54, 1.807) is 47.4 Å². The number of anilines is 1. The van der Waals surface area contributed by atoms with E-state index in [1.807, 2.05) is 17.9 Å². The Morgan fingerprint density at radius 1 is 1.05 bits per heavy atom. The minimum Gasteiger partial charge on any atom is -0.497 e. The highest BCUT2D eigenvalue weighted by Gasteiger charge is 2.48. The van der Waals surface area contributed by atoms with Crippen LogP contribution in [0, 0.1) is 17.6 Å². The Labute approximate surface area is 231 Å².